The molecule has 0 saturated heterocycles. The second kappa shape index (κ2) is 11.8. The third-order valence-corrected chi connectivity index (χ3v) is 10.7. The van der Waals surface area contributed by atoms with Gasteiger partial charge in [0.25, 0.3) is 0 Å². The van der Waals surface area contributed by atoms with E-state index in [1.165, 1.54) is 0 Å². The Hall–Kier alpha value is -6.01. The molecule has 10 aromatic rings. The monoisotopic (exact) mass is 684 g/mol. The predicted octanol–water partition coefficient (Wildman–Crippen LogP) is 12.9. The first-order valence-corrected chi connectivity index (χ1v) is 17.3. The van der Waals surface area contributed by atoms with Crippen molar-refractivity contribution in [2.24, 2.45) is 0 Å². The molecule has 5 heteroatoms. The fourth-order valence-electron chi connectivity index (χ4n) is 6.14. The Kier molecular flexibility index (Phi) is 4.70. The van der Waals surface area contributed by atoms with E-state index in [4.69, 9.17) is 24.5 Å². The minimum atomic E-state index is -0.657. The average Bonchev–Trinajstić information content (AvgIpc) is 3.88. The molecule has 0 saturated carbocycles. The number of benzene rings is 7. The molecule has 3 nitrogen and oxygen atoms in total. The van der Waals surface area contributed by atoms with Crippen LogP contribution in [0.4, 0.5) is 0 Å². The van der Waals surface area contributed by atoms with Crippen LogP contribution in [-0.2, 0) is 0 Å². The summed E-state index contributed by atoms with van der Waals surface area (Å²) >= 11 is 2.56. The molecule has 0 aliphatic heterocycles. The number of aromatic nitrogens is 3. The quantitative estimate of drug-likeness (QED) is 0.181. The van der Waals surface area contributed by atoms with Gasteiger partial charge in [-0.05, 0) is 52.5 Å². The Morgan fingerprint density at radius 1 is 0.380 bits per heavy atom. The lowest BCUT2D eigenvalue weighted by atomic mass is 10.0. The Morgan fingerprint density at radius 2 is 1.06 bits per heavy atom. The molecule has 10 rings (SSSR count). The van der Waals surface area contributed by atoms with Gasteiger partial charge in [-0.2, -0.15) is 0 Å². The van der Waals surface area contributed by atoms with Gasteiger partial charge in [-0.15, -0.1) is 22.7 Å². The molecule has 0 aliphatic rings. The van der Waals surface area contributed by atoms with Crippen molar-refractivity contribution in [2.75, 3.05) is 0 Å². The molecular weight excluding hydrogens is 647 g/mol. The fourth-order valence-corrected chi connectivity index (χ4v) is 8.25. The summed E-state index contributed by atoms with van der Waals surface area (Å²) in [5, 5.41) is 1.95. The van der Waals surface area contributed by atoms with E-state index in [9.17, 15) is 5.48 Å². The van der Waals surface area contributed by atoms with E-state index in [0.717, 1.165) is 42.6 Å². The van der Waals surface area contributed by atoms with Crippen LogP contribution in [-0.4, -0.2) is 15.0 Å². The van der Waals surface area contributed by atoms with Crippen LogP contribution in [0.15, 0.2) is 164 Å². The van der Waals surface area contributed by atoms with Gasteiger partial charge in [0, 0.05) is 57.0 Å². The molecule has 7 aromatic carbocycles. The lowest BCUT2D eigenvalue weighted by molar-refractivity contribution is 1.08. The minimum absolute atomic E-state index is 0.00591. The van der Waals surface area contributed by atoms with Crippen LogP contribution in [0.1, 0.15) is 15.1 Å². The van der Waals surface area contributed by atoms with Gasteiger partial charge < -0.3 is 0 Å². The summed E-state index contributed by atoms with van der Waals surface area (Å²) in [6.45, 7) is 0. The second-order valence-electron chi connectivity index (χ2n) is 11.5. The third-order valence-electron chi connectivity index (χ3n) is 8.51. The molecule has 234 valence electrons. The van der Waals surface area contributed by atoms with E-state index >= 15 is 0 Å². The summed E-state index contributed by atoms with van der Waals surface area (Å²) in [5.41, 5.74) is 2.55. The van der Waals surface area contributed by atoms with Gasteiger partial charge >= 0.3 is 0 Å². The molecule has 0 spiro atoms. The molecule has 0 bridgehead atoms. The summed E-state index contributed by atoms with van der Waals surface area (Å²) < 4.78 is 99.6. The topological polar surface area (TPSA) is 38.7 Å². The molecule has 0 atom stereocenters. The first-order valence-electron chi connectivity index (χ1n) is 21.2. The van der Waals surface area contributed by atoms with Crippen LogP contribution in [0, 0.1) is 0 Å². The molecular formula is C45H27N3S2. The number of thiophene rings is 2. The Morgan fingerprint density at radius 3 is 1.92 bits per heavy atom. The van der Waals surface area contributed by atoms with E-state index in [2.05, 4.69) is 6.07 Å². The van der Waals surface area contributed by atoms with Crippen molar-refractivity contribution in [3.63, 3.8) is 0 Å². The summed E-state index contributed by atoms with van der Waals surface area (Å²) in [5.74, 6) is 0.554. The highest BCUT2D eigenvalue weighted by atomic mass is 32.1. The highest BCUT2D eigenvalue weighted by Gasteiger charge is 2.18. The molecule has 0 unspecified atom stereocenters. The maximum Gasteiger partial charge on any atom is 0.164 e. The normalized spacial score (nSPS) is 14.7. The molecule has 0 fully saturated rings. The highest BCUT2D eigenvalue weighted by Crippen LogP contribution is 2.41. The van der Waals surface area contributed by atoms with Crippen molar-refractivity contribution in [3.8, 4) is 56.4 Å². The Bertz CT molecular complexity index is 3470. The van der Waals surface area contributed by atoms with E-state index in [0.29, 0.717) is 17.0 Å². The predicted molar refractivity (Wildman–Crippen MR) is 213 cm³/mol. The zero-order valence-corrected chi connectivity index (χ0v) is 27.5. The van der Waals surface area contributed by atoms with E-state index < -0.39 is 59.9 Å². The number of nitrogens with zero attached hydrogens (tertiary/aromatic N) is 3. The van der Waals surface area contributed by atoms with Gasteiger partial charge in [0.05, 0.1) is 15.1 Å². The zero-order chi connectivity index (χ0) is 42.6. The maximum atomic E-state index is 9.60. The van der Waals surface area contributed by atoms with Crippen LogP contribution < -0.4 is 0 Å². The maximum absolute atomic E-state index is 9.60. The Labute approximate surface area is 312 Å². The number of fused-ring (bicyclic) bond motifs is 6. The summed E-state index contributed by atoms with van der Waals surface area (Å²) in [6.07, 6.45) is 0. The summed E-state index contributed by atoms with van der Waals surface area (Å²) in [4.78, 5) is 14.8. The molecule has 50 heavy (non-hydrogen) atoms. The van der Waals surface area contributed by atoms with E-state index in [1.807, 2.05) is 91.0 Å². The van der Waals surface area contributed by atoms with Crippen LogP contribution in [0.25, 0.3) is 96.8 Å². The smallest absolute Gasteiger partial charge is 0.164 e. The summed E-state index contributed by atoms with van der Waals surface area (Å²) in [7, 11) is 0. The molecule has 3 heterocycles. The van der Waals surface area contributed by atoms with Crippen molar-refractivity contribution in [1.82, 2.24) is 15.0 Å². The van der Waals surface area contributed by atoms with E-state index in [-0.39, 0.29) is 55.0 Å². The molecule has 0 amide bonds. The fraction of sp³-hybridized carbons (Fsp3) is 0. The van der Waals surface area contributed by atoms with Gasteiger partial charge in [-0.25, -0.2) is 15.0 Å². The molecule has 0 N–H and O–H groups in total. The molecule has 3 aromatic heterocycles. The first kappa shape index (κ1) is 19.9. The zero-order valence-electron chi connectivity index (χ0n) is 36.9. The lowest BCUT2D eigenvalue weighted by Crippen LogP contribution is -2.00. The average molecular weight is 685 g/mol. The van der Waals surface area contributed by atoms with Crippen molar-refractivity contribution >= 4 is 63.0 Å². The largest absolute Gasteiger partial charge is 0.208 e. The summed E-state index contributed by atoms with van der Waals surface area (Å²) in [6, 6.07) is 26.0. The molecule has 0 aliphatic carbocycles. The van der Waals surface area contributed by atoms with Crippen molar-refractivity contribution in [3.05, 3.63) is 164 Å². The SMILES string of the molecule is [2H]c1c([2H])c([2H])c(-c2c([2H])c([2H])c3sc4c([2H])c(-c5nc(-c6ccc(-c7ccccc7)cc6)nc(-c6cccc7sc8ccccc8c67)n5)c([2H])c([2H])c4c3c2[2H])c([2H])c1[2H]. The van der Waals surface area contributed by atoms with Crippen molar-refractivity contribution in [2.45, 2.75) is 0 Å². The van der Waals surface area contributed by atoms with Crippen LogP contribution in [0.3, 0.4) is 0 Å². The lowest BCUT2D eigenvalue weighted by Gasteiger charge is -2.10. The van der Waals surface area contributed by atoms with Crippen molar-refractivity contribution in [1.29, 1.82) is 0 Å². The standard InChI is InChI=1S/C45H27N3S2/c1-3-10-28(11-4-1)30-18-20-31(21-19-30)43-46-44(48-45(47-43)36-15-9-17-40-42(36)35-14-7-8-16-38(35)49-40)33-22-24-34-37-26-32(29-12-5-2-6-13-29)23-25-39(37)50-41(34)27-33/h1-27H/i2D,5D,6D,12D,13D,22D,23D,24D,25D,26D,27D. The third kappa shape index (κ3) is 4.98. The van der Waals surface area contributed by atoms with Gasteiger partial charge in [-0.1, -0.05) is 133 Å². The highest BCUT2D eigenvalue weighted by molar-refractivity contribution is 7.26. The van der Waals surface area contributed by atoms with E-state index in [1.54, 1.807) is 11.3 Å². The molecule has 0 radical (unpaired) electrons. The number of rotatable bonds is 5. The minimum Gasteiger partial charge on any atom is -0.208 e. The van der Waals surface area contributed by atoms with Crippen LogP contribution >= 0.6 is 22.7 Å². The van der Waals surface area contributed by atoms with Crippen molar-refractivity contribution < 1.29 is 15.1 Å². The van der Waals surface area contributed by atoms with Crippen LogP contribution in [0.2, 0.25) is 0 Å². The second-order valence-corrected chi connectivity index (χ2v) is 13.6. The first-order chi connectivity index (χ1) is 29.3. The van der Waals surface area contributed by atoms with Gasteiger partial charge in [0.15, 0.2) is 17.5 Å². The number of hydrogen-bond donors (Lipinski definition) is 0. The Balaban J connectivity index is 1.24. The number of hydrogen-bond acceptors (Lipinski definition) is 5. The van der Waals surface area contributed by atoms with Gasteiger partial charge in [-0.3, -0.25) is 0 Å². The van der Waals surface area contributed by atoms with Gasteiger partial charge in [0.1, 0.15) is 0 Å². The van der Waals surface area contributed by atoms with Gasteiger partial charge in [0.2, 0.25) is 0 Å². The van der Waals surface area contributed by atoms with Crippen LogP contribution in [0.5, 0.6) is 0 Å².